The number of aliphatic hydroxyl groups is 1. The molecule has 80 valence electrons. The van der Waals surface area contributed by atoms with E-state index >= 15 is 0 Å². The predicted molar refractivity (Wildman–Crippen MR) is 52.3 cm³/mol. The standard InChI is InChI=1S/C8H14N2O3S/c1-2-10(5-6-11)14(12,13)8-3-4-9-7-8/h3-4,7,9,11H,2,5-6H2,1H3. The zero-order chi connectivity index (χ0) is 10.6. The molecule has 1 rings (SSSR count). The van der Waals surface area contributed by atoms with Crippen LogP contribution in [0.5, 0.6) is 0 Å². The van der Waals surface area contributed by atoms with Crippen LogP contribution in [0.3, 0.4) is 0 Å². The topological polar surface area (TPSA) is 73.4 Å². The minimum absolute atomic E-state index is 0.129. The van der Waals surface area contributed by atoms with Crippen molar-refractivity contribution < 1.29 is 13.5 Å². The monoisotopic (exact) mass is 218 g/mol. The molecule has 0 unspecified atom stereocenters. The van der Waals surface area contributed by atoms with Crippen molar-refractivity contribution >= 4 is 10.0 Å². The van der Waals surface area contributed by atoms with E-state index in [4.69, 9.17) is 5.11 Å². The van der Waals surface area contributed by atoms with Crippen molar-refractivity contribution in [1.82, 2.24) is 9.29 Å². The Balaban J connectivity index is 2.94. The van der Waals surface area contributed by atoms with Gasteiger partial charge in [0.15, 0.2) is 0 Å². The zero-order valence-corrected chi connectivity index (χ0v) is 8.79. The Labute approximate surface area is 83.4 Å². The molecule has 1 aromatic heterocycles. The van der Waals surface area contributed by atoms with E-state index in [1.54, 1.807) is 13.1 Å². The highest BCUT2D eigenvalue weighted by Crippen LogP contribution is 2.13. The average molecular weight is 218 g/mol. The lowest BCUT2D eigenvalue weighted by atomic mass is 10.6. The van der Waals surface area contributed by atoms with Gasteiger partial charge in [-0.25, -0.2) is 8.42 Å². The van der Waals surface area contributed by atoms with Gasteiger partial charge in [-0.2, -0.15) is 4.31 Å². The first kappa shape index (κ1) is 11.2. The maximum atomic E-state index is 11.8. The molecule has 14 heavy (non-hydrogen) atoms. The predicted octanol–water partition coefficient (Wildman–Crippen LogP) is 0.0176. The summed E-state index contributed by atoms with van der Waals surface area (Å²) in [4.78, 5) is 2.92. The van der Waals surface area contributed by atoms with Crippen LogP contribution in [0.4, 0.5) is 0 Å². The number of rotatable bonds is 5. The van der Waals surface area contributed by atoms with Gasteiger partial charge in [-0.05, 0) is 6.07 Å². The normalized spacial score (nSPS) is 12.2. The van der Waals surface area contributed by atoms with Crippen LogP contribution in [-0.2, 0) is 10.0 Å². The third kappa shape index (κ3) is 2.14. The van der Waals surface area contributed by atoms with Crippen molar-refractivity contribution in [2.75, 3.05) is 19.7 Å². The highest BCUT2D eigenvalue weighted by Gasteiger charge is 2.22. The van der Waals surface area contributed by atoms with Crippen molar-refractivity contribution in [3.05, 3.63) is 18.5 Å². The largest absolute Gasteiger partial charge is 0.395 e. The molecule has 0 aliphatic rings. The van der Waals surface area contributed by atoms with Crippen molar-refractivity contribution in [2.24, 2.45) is 0 Å². The fourth-order valence-corrected chi connectivity index (χ4v) is 2.59. The van der Waals surface area contributed by atoms with Crippen LogP contribution in [0.25, 0.3) is 0 Å². The number of sulfonamides is 1. The summed E-state index contributed by atoms with van der Waals surface area (Å²) in [6.45, 7) is 2.05. The van der Waals surface area contributed by atoms with E-state index in [9.17, 15) is 8.42 Å². The Morgan fingerprint density at radius 3 is 2.71 bits per heavy atom. The van der Waals surface area contributed by atoms with Gasteiger partial charge >= 0.3 is 0 Å². The lowest BCUT2D eigenvalue weighted by molar-refractivity contribution is 0.257. The van der Waals surface area contributed by atoms with E-state index in [1.165, 1.54) is 16.6 Å². The number of nitrogens with one attached hydrogen (secondary N) is 1. The number of aliphatic hydroxyl groups excluding tert-OH is 1. The third-order valence-corrected chi connectivity index (χ3v) is 3.88. The molecule has 1 heterocycles. The average Bonchev–Trinajstić information content (AvgIpc) is 2.66. The van der Waals surface area contributed by atoms with Gasteiger partial charge in [-0.1, -0.05) is 6.92 Å². The molecule has 0 aromatic carbocycles. The summed E-state index contributed by atoms with van der Waals surface area (Å²) >= 11 is 0. The van der Waals surface area contributed by atoms with Gasteiger partial charge in [0.05, 0.1) is 11.5 Å². The summed E-state index contributed by atoms with van der Waals surface area (Å²) in [5.74, 6) is 0. The second-order valence-corrected chi connectivity index (χ2v) is 4.70. The van der Waals surface area contributed by atoms with E-state index < -0.39 is 10.0 Å². The summed E-state index contributed by atoms with van der Waals surface area (Å²) in [5.41, 5.74) is 0. The van der Waals surface area contributed by atoms with Crippen molar-refractivity contribution in [2.45, 2.75) is 11.8 Å². The number of aromatic amines is 1. The molecule has 0 spiro atoms. The summed E-state index contributed by atoms with van der Waals surface area (Å²) in [6, 6.07) is 1.50. The Hall–Kier alpha value is -0.850. The van der Waals surface area contributed by atoms with Crippen molar-refractivity contribution in [3.8, 4) is 0 Å². The second kappa shape index (κ2) is 4.59. The van der Waals surface area contributed by atoms with Gasteiger partial charge in [-0.15, -0.1) is 0 Å². The van der Waals surface area contributed by atoms with E-state index in [-0.39, 0.29) is 18.0 Å². The van der Waals surface area contributed by atoms with E-state index in [2.05, 4.69) is 4.98 Å². The van der Waals surface area contributed by atoms with Crippen molar-refractivity contribution in [3.63, 3.8) is 0 Å². The van der Waals surface area contributed by atoms with Gasteiger partial charge in [0.1, 0.15) is 0 Å². The minimum atomic E-state index is -3.43. The van der Waals surface area contributed by atoms with Crippen LogP contribution in [0.2, 0.25) is 0 Å². The van der Waals surface area contributed by atoms with Gasteiger partial charge < -0.3 is 10.1 Å². The summed E-state index contributed by atoms with van der Waals surface area (Å²) in [5, 5.41) is 8.71. The highest BCUT2D eigenvalue weighted by molar-refractivity contribution is 7.89. The van der Waals surface area contributed by atoms with Gasteiger partial charge in [0, 0.05) is 25.5 Å². The van der Waals surface area contributed by atoms with Crippen LogP contribution in [0.1, 0.15) is 6.92 Å². The summed E-state index contributed by atoms with van der Waals surface area (Å²) in [7, 11) is -3.43. The molecular formula is C8H14N2O3S. The molecule has 0 bridgehead atoms. The molecule has 0 fully saturated rings. The van der Waals surface area contributed by atoms with Crippen LogP contribution in [0.15, 0.2) is 23.4 Å². The van der Waals surface area contributed by atoms with E-state index in [0.717, 1.165) is 0 Å². The summed E-state index contributed by atoms with van der Waals surface area (Å²) in [6.07, 6.45) is 2.98. The molecule has 2 N–H and O–H groups in total. The number of hydrogen-bond acceptors (Lipinski definition) is 3. The number of aromatic nitrogens is 1. The quantitative estimate of drug-likeness (QED) is 0.731. The molecule has 0 saturated carbocycles. The Kier molecular flexibility index (Phi) is 3.68. The molecule has 0 atom stereocenters. The molecule has 1 aromatic rings. The molecule has 6 heteroatoms. The molecule has 0 radical (unpaired) electrons. The maximum absolute atomic E-state index is 11.8. The molecule has 5 nitrogen and oxygen atoms in total. The minimum Gasteiger partial charge on any atom is -0.395 e. The first-order valence-corrected chi connectivity index (χ1v) is 5.80. The van der Waals surface area contributed by atoms with Gasteiger partial charge in [-0.3, -0.25) is 0 Å². The first-order chi connectivity index (χ1) is 6.62. The lowest BCUT2D eigenvalue weighted by Gasteiger charge is -2.18. The van der Waals surface area contributed by atoms with Gasteiger partial charge in [0.25, 0.3) is 0 Å². The van der Waals surface area contributed by atoms with Gasteiger partial charge in [0.2, 0.25) is 10.0 Å². The molecule has 0 amide bonds. The number of hydrogen-bond donors (Lipinski definition) is 2. The third-order valence-electron chi connectivity index (χ3n) is 1.91. The number of nitrogens with zero attached hydrogens (tertiary/aromatic N) is 1. The molecule has 0 saturated heterocycles. The Bertz CT molecular complexity index is 358. The molecule has 0 aliphatic carbocycles. The fraction of sp³-hybridized carbons (Fsp3) is 0.500. The van der Waals surface area contributed by atoms with Crippen molar-refractivity contribution in [1.29, 1.82) is 0 Å². The Morgan fingerprint density at radius 2 is 2.29 bits per heavy atom. The fourth-order valence-electron chi connectivity index (χ4n) is 1.18. The van der Waals surface area contributed by atoms with Crippen LogP contribution >= 0.6 is 0 Å². The van der Waals surface area contributed by atoms with E-state index in [0.29, 0.717) is 6.54 Å². The molecular weight excluding hydrogens is 204 g/mol. The Morgan fingerprint density at radius 1 is 1.57 bits per heavy atom. The molecule has 0 aliphatic heterocycles. The smallest absolute Gasteiger partial charge is 0.244 e. The zero-order valence-electron chi connectivity index (χ0n) is 7.97. The second-order valence-electron chi connectivity index (χ2n) is 2.77. The first-order valence-electron chi connectivity index (χ1n) is 4.36. The maximum Gasteiger partial charge on any atom is 0.244 e. The van der Waals surface area contributed by atoms with Crippen LogP contribution < -0.4 is 0 Å². The highest BCUT2D eigenvalue weighted by atomic mass is 32.2. The van der Waals surface area contributed by atoms with Crippen LogP contribution in [-0.4, -0.2) is 42.5 Å². The van der Waals surface area contributed by atoms with Crippen LogP contribution in [0, 0.1) is 0 Å². The lowest BCUT2D eigenvalue weighted by Crippen LogP contribution is -2.33. The SMILES string of the molecule is CCN(CCO)S(=O)(=O)c1cc[nH]c1. The number of likely N-dealkylation sites (N-methyl/N-ethyl adjacent to an activating group) is 1. The van der Waals surface area contributed by atoms with E-state index in [1.807, 2.05) is 0 Å². The summed E-state index contributed by atoms with van der Waals surface area (Å²) < 4.78 is 24.9. The number of H-pyrrole nitrogens is 1.